The number of ether oxygens (including phenoxy) is 1. The smallest absolute Gasteiger partial charge is 0.322 e. The fourth-order valence-corrected chi connectivity index (χ4v) is 1.18. The van der Waals surface area contributed by atoms with Gasteiger partial charge in [-0.3, -0.25) is 4.79 Å². The number of hydrogen-bond acceptors (Lipinski definition) is 4. The van der Waals surface area contributed by atoms with Crippen LogP contribution in [0.3, 0.4) is 0 Å². The Bertz CT molecular complexity index is 141. The Morgan fingerprint density at radius 1 is 1.64 bits per heavy atom. The quantitative estimate of drug-likeness (QED) is 0.495. The highest BCUT2D eigenvalue weighted by molar-refractivity contribution is 5.75. The zero-order valence-electron chi connectivity index (χ0n) is 6.54. The first kappa shape index (κ1) is 8.49. The topological polar surface area (TPSA) is 58.6 Å². The summed E-state index contributed by atoms with van der Waals surface area (Å²) in [5, 5.41) is 12.0. The molecule has 4 nitrogen and oxygen atoms in total. The summed E-state index contributed by atoms with van der Waals surface area (Å²) in [6.07, 6.45) is 1.02. The predicted molar refractivity (Wildman–Crippen MR) is 39.0 cm³/mol. The van der Waals surface area contributed by atoms with Crippen LogP contribution >= 0.6 is 0 Å². The molecule has 0 radical (unpaired) electrons. The fraction of sp³-hybridized carbons (Fsp3) is 0.857. The second kappa shape index (κ2) is 3.69. The van der Waals surface area contributed by atoms with Gasteiger partial charge >= 0.3 is 5.97 Å². The van der Waals surface area contributed by atoms with Crippen LogP contribution in [0.5, 0.6) is 0 Å². The van der Waals surface area contributed by atoms with Crippen molar-refractivity contribution in [3.8, 4) is 0 Å². The minimum absolute atomic E-state index is 0.219. The van der Waals surface area contributed by atoms with Crippen molar-refractivity contribution in [2.45, 2.75) is 25.0 Å². The van der Waals surface area contributed by atoms with E-state index in [1.165, 1.54) is 7.11 Å². The van der Waals surface area contributed by atoms with Crippen LogP contribution in [-0.4, -0.2) is 36.9 Å². The van der Waals surface area contributed by atoms with Gasteiger partial charge in [-0.05, 0) is 12.8 Å². The third kappa shape index (κ3) is 2.17. The summed E-state index contributed by atoms with van der Waals surface area (Å²) in [6, 6.07) is -0.219. The van der Waals surface area contributed by atoms with Crippen molar-refractivity contribution < 1.29 is 14.6 Å². The van der Waals surface area contributed by atoms with Gasteiger partial charge in [0.25, 0.3) is 0 Å². The molecule has 11 heavy (non-hydrogen) atoms. The van der Waals surface area contributed by atoms with Crippen LogP contribution in [0.4, 0.5) is 0 Å². The summed E-state index contributed by atoms with van der Waals surface area (Å²) >= 11 is 0. The molecule has 0 bridgehead atoms. The Balaban J connectivity index is 2.33. The Kier molecular flexibility index (Phi) is 2.84. The van der Waals surface area contributed by atoms with Crippen LogP contribution in [-0.2, 0) is 9.53 Å². The average Bonchev–Trinajstić information content (AvgIpc) is 2.05. The molecule has 1 saturated heterocycles. The molecule has 0 aliphatic carbocycles. The molecule has 0 aromatic carbocycles. The Labute approximate surface area is 65.5 Å². The number of piperidine rings is 1. The van der Waals surface area contributed by atoms with Crippen LogP contribution in [0, 0.1) is 0 Å². The van der Waals surface area contributed by atoms with Crippen molar-refractivity contribution in [2.75, 3.05) is 13.7 Å². The second-order valence-electron chi connectivity index (χ2n) is 2.72. The Morgan fingerprint density at radius 3 is 2.82 bits per heavy atom. The molecule has 0 aromatic heterocycles. The molecule has 0 aromatic rings. The van der Waals surface area contributed by atoms with E-state index in [2.05, 4.69) is 10.1 Å². The molecular weight excluding hydrogens is 146 g/mol. The van der Waals surface area contributed by atoms with Gasteiger partial charge in [-0.15, -0.1) is 0 Å². The zero-order chi connectivity index (χ0) is 8.27. The van der Waals surface area contributed by atoms with Gasteiger partial charge in [0.15, 0.2) is 0 Å². The Hall–Kier alpha value is -0.610. The lowest BCUT2D eigenvalue weighted by atomic mass is 10.0. The molecule has 2 unspecified atom stereocenters. The lowest BCUT2D eigenvalue weighted by molar-refractivity contribution is -0.144. The summed E-state index contributed by atoms with van der Waals surface area (Å²) in [5.74, 6) is -0.239. The molecule has 1 aliphatic rings. The highest BCUT2D eigenvalue weighted by Crippen LogP contribution is 2.08. The van der Waals surface area contributed by atoms with E-state index < -0.39 is 0 Å². The zero-order valence-corrected chi connectivity index (χ0v) is 6.54. The van der Waals surface area contributed by atoms with Gasteiger partial charge in [0.2, 0.25) is 0 Å². The first-order chi connectivity index (χ1) is 5.24. The minimum Gasteiger partial charge on any atom is -0.468 e. The van der Waals surface area contributed by atoms with Crippen LogP contribution in [0.2, 0.25) is 0 Å². The van der Waals surface area contributed by atoms with Gasteiger partial charge in [0.1, 0.15) is 6.04 Å². The molecule has 0 saturated carbocycles. The summed E-state index contributed by atoms with van der Waals surface area (Å²) in [6.45, 7) is 0.486. The van der Waals surface area contributed by atoms with Gasteiger partial charge < -0.3 is 15.2 Å². The van der Waals surface area contributed by atoms with E-state index in [0.717, 1.165) is 0 Å². The number of carbonyl (C=O) groups excluding carboxylic acids is 1. The molecular formula is C7H13NO3. The van der Waals surface area contributed by atoms with E-state index in [9.17, 15) is 4.79 Å². The molecule has 64 valence electrons. The Morgan fingerprint density at radius 2 is 2.36 bits per heavy atom. The first-order valence-corrected chi connectivity index (χ1v) is 3.73. The van der Waals surface area contributed by atoms with Gasteiger partial charge in [-0.2, -0.15) is 0 Å². The van der Waals surface area contributed by atoms with Gasteiger partial charge in [-0.1, -0.05) is 0 Å². The molecule has 2 atom stereocenters. The number of aliphatic hydroxyl groups excluding tert-OH is 1. The number of hydrogen-bond donors (Lipinski definition) is 2. The normalized spacial score (nSPS) is 31.5. The van der Waals surface area contributed by atoms with Crippen molar-refractivity contribution in [3.63, 3.8) is 0 Å². The van der Waals surface area contributed by atoms with Gasteiger partial charge in [-0.25, -0.2) is 0 Å². The van der Waals surface area contributed by atoms with Crippen molar-refractivity contribution in [1.29, 1.82) is 0 Å². The molecule has 0 amide bonds. The van der Waals surface area contributed by atoms with E-state index in [-0.39, 0.29) is 18.1 Å². The maximum atomic E-state index is 10.9. The van der Waals surface area contributed by atoms with Crippen LogP contribution in [0.15, 0.2) is 0 Å². The lowest BCUT2D eigenvalue weighted by Gasteiger charge is -2.24. The third-order valence-electron chi connectivity index (χ3n) is 1.87. The average molecular weight is 159 g/mol. The van der Waals surface area contributed by atoms with Crippen LogP contribution in [0.25, 0.3) is 0 Å². The van der Waals surface area contributed by atoms with Gasteiger partial charge in [0, 0.05) is 6.54 Å². The summed E-state index contributed by atoms with van der Waals surface area (Å²) in [5.41, 5.74) is 0. The molecule has 0 spiro atoms. The van der Waals surface area contributed by atoms with Crippen molar-refractivity contribution >= 4 is 5.97 Å². The molecule has 1 aliphatic heterocycles. The second-order valence-corrected chi connectivity index (χ2v) is 2.72. The predicted octanol–water partition coefficient (Wildman–Crippen LogP) is -0.728. The molecule has 1 rings (SSSR count). The largest absolute Gasteiger partial charge is 0.468 e. The summed E-state index contributed by atoms with van der Waals surface area (Å²) < 4.78 is 4.54. The van der Waals surface area contributed by atoms with Crippen molar-refractivity contribution in [2.24, 2.45) is 0 Å². The minimum atomic E-state index is -0.309. The summed E-state index contributed by atoms with van der Waals surface area (Å²) in [4.78, 5) is 10.9. The molecule has 2 N–H and O–H groups in total. The van der Waals surface area contributed by atoms with Gasteiger partial charge in [0.05, 0.1) is 13.2 Å². The summed E-state index contributed by atoms with van der Waals surface area (Å²) in [7, 11) is 1.37. The molecule has 4 heteroatoms. The number of aliphatic hydroxyl groups is 1. The highest BCUT2D eigenvalue weighted by atomic mass is 16.5. The first-order valence-electron chi connectivity index (χ1n) is 3.73. The standard InChI is InChI=1S/C7H13NO3/c1-11-7(10)6-3-2-5(9)4-8-6/h5-6,8-9H,2-4H2,1H3. The number of β-amino-alcohol motifs (C(OH)–C–C–N with tert-alkyl or cyclic N) is 1. The number of nitrogens with one attached hydrogen (secondary N) is 1. The maximum absolute atomic E-state index is 10.9. The highest BCUT2D eigenvalue weighted by Gasteiger charge is 2.24. The lowest BCUT2D eigenvalue weighted by Crippen LogP contribution is -2.46. The van der Waals surface area contributed by atoms with Crippen molar-refractivity contribution in [1.82, 2.24) is 5.32 Å². The SMILES string of the molecule is COC(=O)C1CCC(O)CN1. The fourth-order valence-electron chi connectivity index (χ4n) is 1.18. The number of carbonyl (C=O) groups is 1. The molecule has 1 fully saturated rings. The van der Waals surface area contributed by atoms with E-state index >= 15 is 0 Å². The molecule has 1 heterocycles. The van der Waals surface area contributed by atoms with Crippen LogP contribution in [0.1, 0.15) is 12.8 Å². The maximum Gasteiger partial charge on any atom is 0.322 e. The van der Waals surface area contributed by atoms with Crippen molar-refractivity contribution in [3.05, 3.63) is 0 Å². The number of methoxy groups -OCH3 is 1. The van der Waals surface area contributed by atoms with E-state index in [4.69, 9.17) is 5.11 Å². The number of esters is 1. The van der Waals surface area contributed by atoms with E-state index in [1.54, 1.807) is 0 Å². The number of rotatable bonds is 1. The van der Waals surface area contributed by atoms with E-state index in [0.29, 0.717) is 19.4 Å². The van der Waals surface area contributed by atoms with Crippen LogP contribution < -0.4 is 5.32 Å². The monoisotopic (exact) mass is 159 g/mol. The van der Waals surface area contributed by atoms with E-state index in [1.807, 2.05) is 0 Å². The third-order valence-corrected chi connectivity index (χ3v) is 1.87.